The number of methoxy groups -OCH3 is 1. The van der Waals surface area contributed by atoms with Gasteiger partial charge in [0.25, 0.3) is 0 Å². The highest BCUT2D eigenvalue weighted by Gasteiger charge is 2.02. The Bertz CT molecular complexity index is 702. The molecule has 1 aromatic heterocycles. The summed E-state index contributed by atoms with van der Waals surface area (Å²) in [6.45, 7) is 8.28. The number of ether oxygens (including phenoxy) is 3. The fourth-order valence-electron chi connectivity index (χ4n) is 2.65. The molecule has 0 radical (unpaired) electrons. The van der Waals surface area contributed by atoms with Crippen molar-refractivity contribution in [1.82, 2.24) is 15.1 Å². The maximum Gasteiger partial charge on any atom is 0.195 e. The second-order valence-electron chi connectivity index (χ2n) is 7.05. The lowest BCUT2D eigenvalue weighted by Crippen LogP contribution is -2.32. The number of hydrogen-bond donors (Lipinski definition) is 2. The SMILES string of the molecule is COCCOCCCNC(=NCCCn1cccn1)Nc1ccc(OC(C)C)cc1. The average molecular weight is 418 g/mol. The largest absolute Gasteiger partial charge is 0.491 e. The topological polar surface area (TPSA) is 81.9 Å². The molecule has 2 aromatic rings. The highest BCUT2D eigenvalue weighted by molar-refractivity contribution is 5.93. The van der Waals surface area contributed by atoms with E-state index < -0.39 is 0 Å². The first kappa shape index (κ1) is 23.7. The van der Waals surface area contributed by atoms with Crippen molar-refractivity contribution < 1.29 is 14.2 Å². The van der Waals surface area contributed by atoms with Gasteiger partial charge in [0.2, 0.25) is 0 Å². The summed E-state index contributed by atoms with van der Waals surface area (Å²) in [5.74, 6) is 1.61. The number of guanidine groups is 1. The van der Waals surface area contributed by atoms with E-state index in [4.69, 9.17) is 19.2 Å². The van der Waals surface area contributed by atoms with E-state index in [2.05, 4.69) is 15.7 Å². The number of anilines is 1. The van der Waals surface area contributed by atoms with E-state index in [0.717, 1.165) is 43.3 Å². The summed E-state index contributed by atoms with van der Waals surface area (Å²) >= 11 is 0. The fraction of sp³-hybridized carbons (Fsp3) is 0.545. The normalized spacial score (nSPS) is 11.7. The highest BCUT2D eigenvalue weighted by Crippen LogP contribution is 2.16. The van der Waals surface area contributed by atoms with Gasteiger partial charge in [-0.1, -0.05) is 0 Å². The van der Waals surface area contributed by atoms with Gasteiger partial charge in [-0.2, -0.15) is 5.10 Å². The molecule has 0 unspecified atom stereocenters. The maximum absolute atomic E-state index is 5.70. The van der Waals surface area contributed by atoms with Crippen LogP contribution >= 0.6 is 0 Å². The van der Waals surface area contributed by atoms with Crippen LogP contribution in [0.2, 0.25) is 0 Å². The van der Waals surface area contributed by atoms with Crippen LogP contribution in [-0.2, 0) is 16.0 Å². The van der Waals surface area contributed by atoms with Gasteiger partial charge in [0.05, 0.1) is 19.3 Å². The summed E-state index contributed by atoms with van der Waals surface area (Å²) in [5.41, 5.74) is 0.959. The molecule has 0 bridgehead atoms. The Balaban J connectivity index is 1.83. The number of rotatable bonds is 14. The number of aryl methyl sites for hydroxylation is 1. The van der Waals surface area contributed by atoms with Crippen LogP contribution in [0.25, 0.3) is 0 Å². The van der Waals surface area contributed by atoms with E-state index in [1.807, 2.05) is 55.1 Å². The van der Waals surface area contributed by atoms with E-state index in [1.54, 1.807) is 13.3 Å². The second kappa shape index (κ2) is 14.4. The summed E-state index contributed by atoms with van der Waals surface area (Å²) in [5, 5.41) is 11.0. The third-order valence-corrected chi connectivity index (χ3v) is 4.05. The zero-order valence-corrected chi connectivity index (χ0v) is 18.3. The van der Waals surface area contributed by atoms with E-state index in [1.165, 1.54) is 0 Å². The van der Waals surface area contributed by atoms with Crippen LogP contribution in [0.15, 0.2) is 47.7 Å². The van der Waals surface area contributed by atoms with Crippen LogP contribution in [0.1, 0.15) is 26.7 Å². The van der Waals surface area contributed by atoms with Crippen molar-refractivity contribution >= 4 is 11.6 Å². The molecule has 1 heterocycles. The first-order valence-corrected chi connectivity index (χ1v) is 10.5. The van der Waals surface area contributed by atoms with Crippen LogP contribution in [0.3, 0.4) is 0 Å². The summed E-state index contributed by atoms with van der Waals surface area (Å²) < 4.78 is 18.1. The Morgan fingerprint density at radius 2 is 1.97 bits per heavy atom. The molecule has 0 saturated heterocycles. The number of benzene rings is 1. The highest BCUT2D eigenvalue weighted by atomic mass is 16.5. The van der Waals surface area contributed by atoms with Crippen molar-refractivity contribution in [2.45, 2.75) is 39.3 Å². The average Bonchev–Trinajstić information content (AvgIpc) is 3.25. The minimum absolute atomic E-state index is 0.156. The smallest absolute Gasteiger partial charge is 0.195 e. The molecule has 30 heavy (non-hydrogen) atoms. The van der Waals surface area contributed by atoms with Crippen molar-refractivity contribution in [2.75, 3.05) is 45.3 Å². The molecule has 0 aliphatic rings. The predicted octanol–water partition coefficient (Wildman–Crippen LogP) is 3.17. The first-order valence-electron chi connectivity index (χ1n) is 10.5. The van der Waals surface area contributed by atoms with Gasteiger partial charge in [-0.05, 0) is 57.0 Å². The van der Waals surface area contributed by atoms with Crippen molar-refractivity contribution in [3.05, 3.63) is 42.7 Å². The Labute approximate surface area is 179 Å². The Hall–Kier alpha value is -2.58. The van der Waals surface area contributed by atoms with Crippen molar-refractivity contribution in [1.29, 1.82) is 0 Å². The molecule has 0 saturated carbocycles. The van der Waals surface area contributed by atoms with E-state index >= 15 is 0 Å². The van der Waals surface area contributed by atoms with Gasteiger partial charge in [-0.3, -0.25) is 9.67 Å². The lowest BCUT2D eigenvalue weighted by Gasteiger charge is -2.14. The lowest BCUT2D eigenvalue weighted by atomic mass is 10.3. The molecule has 2 N–H and O–H groups in total. The molecule has 2 rings (SSSR count). The third-order valence-electron chi connectivity index (χ3n) is 4.05. The lowest BCUT2D eigenvalue weighted by molar-refractivity contribution is 0.0699. The molecular weight excluding hydrogens is 382 g/mol. The van der Waals surface area contributed by atoms with E-state index in [0.29, 0.717) is 26.4 Å². The molecule has 0 aliphatic carbocycles. The number of hydrogen-bond acceptors (Lipinski definition) is 5. The minimum atomic E-state index is 0.156. The molecule has 8 nitrogen and oxygen atoms in total. The van der Waals surface area contributed by atoms with Crippen LogP contribution < -0.4 is 15.4 Å². The monoisotopic (exact) mass is 417 g/mol. The quantitative estimate of drug-likeness (QED) is 0.279. The van der Waals surface area contributed by atoms with Gasteiger partial charge in [-0.15, -0.1) is 0 Å². The third kappa shape index (κ3) is 10.3. The van der Waals surface area contributed by atoms with Crippen molar-refractivity contribution in [3.8, 4) is 5.75 Å². The summed E-state index contributed by atoms with van der Waals surface area (Å²) in [6, 6.07) is 9.83. The van der Waals surface area contributed by atoms with Crippen LogP contribution in [-0.4, -0.2) is 61.9 Å². The van der Waals surface area contributed by atoms with Gasteiger partial charge in [0.15, 0.2) is 5.96 Å². The zero-order valence-electron chi connectivity index (χ0n) is 18.3. The maximum atomic E-state index is 5.70. The standard InChI is InChI=1S/C22H35N5O3/c1-19(2)30-21-9-7-20(8-10-21)26-22(24-12-6-16-29-18-17-28-3)23-11-4-14-27-15-5-13-25-27/h5,7-10,13,15,19H,4,6,11-12,14,16-18H2,1-3H3,(H2,23,24,26). The molecule has 0 amide bonds. The Morgan fingerprint density at radius 3 is 2.67 bits per heavy atom. The fourth-order valence-corrected chi connectivity index (χ4v) is 2.65. The summed E-state index contributed by atoms with van der Waals surface area (Å²) in [6.07, 6.45) is 5.71. The number of aliphatic imine (C=N–C) groups is 1. The molecule has 0 atom stereocenters. The van der Waals surface area contributed by atoms with E-state index in [-0.39, 0.29) is 6.10 Å². The zero-order chi connectivity index (χ0) is 21.4. The van der Waals surface area contributed by atoms with Gasteiger partial charge in [-0.25, -0.2) is 0 Å². The summed E-state index contributed by atoms with van der Waals surface area (Å²) in [7, 11) is 1.67. The molecule has 1 aromatic carbocycles. The molecular formula is C22H35N5O3. The second-order valence-corrected chi connectivity index (χ2v) is 7.05. The van der Waals surface area contributed by atoms with Crippen LogP contribution in [0.4, 0.5) is 5.69 Å². The van der Waals surface area contributed by atoms with Crippen LogP contribution in [0.5, 0.6) is 5.75 Å². The minimum Gasteiger partial charge on any atom is -0.491 e. The van der Waals surface area contributed by atoms with Gasteiger partial charge < -0.3 is 24.8 Å². The molecule has 0 aliphatic heterocycles. The van der Waals surface area contributed by atoms with E-state index in [9.17, 15) is 0 Å². The van der Waals surface area contributed by atoms with Crippen LogP contribution in [0, 0.1) is 0 Å². The Kier molecular flexibility index (Phi) is 11.4. The van der Waals surface area contributed by atoms with Crippen molar-refractivity contribution in [3.63, 3.8) is 0 Å². The molecule has 0 spiro atoms. The number of aromatic nitrogens is 2. The molecule has 8 heteroatoms. The van der Waals surface area contributed by atoms with Gasteiger partial charge in [0.1, 0.15) is 5.75 Å². The van der Waals surface area contributed by atoms with Crippen molar-refractivity contribution in [2.24, 2.45) is 4.99 Å². The first-order chi connectivity index (χ1) is 14.7. The number of nitrogens with zero attached hydrogens (tertiary/aromatic N) is 3. The summed E-state index contributed by atoms with van der Waals surface area (Å²) in [4.78, 5) is 4.70. The molecule has 0 fully saturated rings. The predicted molar refractivity (Wildman–Crippen MR) is 120 cm³/mol. The number of nitrogens with one attached hydrogen (secondary N) is 2. The molecule has 166 valence electrons. The van der Waals surface area contributed by atoms with Gasteiger partial charge >= 0.3 is 0 Å². The Morgan fingerprint density at radius 1 is 1.13 bits per heavy atom. The van der Waals surface area contributed by atoms with Gasteiger partial charge in [0, 0.05) is 51.4 Å².